The zero-order valence-electron chi connectivity index (χ0n) is 24.0. The van der Waals surface area contributed by atoms with Crippen molar-refractivity contribution in [2.45, 2.75) is 58.2 Å². The van der Waals surface area contributed by atoms with Gasteiger partial charge in [-0.25, -0.2) is 5.09 Å². The monoisotopic (exact) mass is 546 g/mol. The molecule has 1 heterocycles. The van der Waals surface area contributed by atoms with Crippen molar-refractivity contribution >= 4 is 31.5 Å². The molecular formula is C20H35N2O13P. The lowest BCUT2D eigenvalue weighted by molar-refractivity contribution is -0.270. The maximum atomic E-state index is 13.4. The minimum absolute atomic E-state index is 0.0199. The first-order chi connectivity index (χ1) is 19.0. The van der Waals surface area contributed by atoms with Gasteiger partial charge in [0.1, 0.15) is 12.7 Å². The second-order valence-corrected chi connectivity index (χ2v) is 9.13. The Morgan fingerprint density at radius 3 is 2.03 bits per heavy atom. The molecule has 0 radical (unpaired) electrons. The van der Waals surface area contributed by atoms with E-state index in [2.05, 4.69) is 5.09 Å². The van der Waals surface area contributed by atoms with Gasteiger partial charge in [-0.15, -0.1) is 0 Å². The number of rotatable bonds is 14. The average molecular weight is 546 g/mol. The van der Waals surface area contributed by atoms with Gasteiger partial charge in [-0.3, -0.25) is 23.7 Å². The summed E-state index contributed by atoms with van der Waals surface area (Å²) in [6.07, 6.45) is -8.68. The zero-order chi connectivity index (χ0) is 30.3. The fourth-order valence-corrected chi connectivity index (χ4v) is 4.70. The van der Waals surface area contributed by atoms with Crippen LogP contribution in [0.3, 0.4) is 0 Å². The summed E-state index contributed by atoms with van der Waals surface area (Å²) in [4.78, 5) is 59.3. The molecule has 2 unspecified atom stereocenters. The second kappa shape index (κ2) is 15.2. The van der Waals surface area contributed by atoms with E-state index in [9.17, 15) is 28.6 Å². The van der Waals surface area contributed by atoms with E-state index in [0.717, 1.165) is 4.67 Å². The van der Waals surface area contributed by atoms with Crippen molar-refractivity contribution in [3.8, 4) is 0 Å². The van der Waals surface area contributed by atoms with E-state index in [1.807, 2.05) is 0 Å². The van der Waals surface area contributed by atoms with Crippen molar-refractivity contribution in [1.82, 2.24) is 9.76 Å². The number of nitrogens with one attached hydrogen (secondary N) is 1. The van der Waals surface area contributed by atoms with Crippen LogP contribution >= 0.6 is 7.67 Å². The first-order valence-electron chi connectivity index (χ1n) is 13.2. The molecule has 1 saturated heterocycles. The van der Waals surface area contributed by atoms with Crippen LogP contribution in [-0.2, 0) is 56.9 Å². The fourth-order valence-electron chi connectivity index (χ4n) is 3.29. The van der Waals surface area contributed by atoms with Crippen LogP contribution in [0.4, 0.5) is 0 Å². The van der Waals surface area contributed by atoms with Gasteiger partial charge in [-0.05, 0) is 0 Å². The largest absolute Gasteiger partial charge is 0.463 e. The average Bonchev–Trinajstić information content (AvgIpc) is 2.93. The normalized spacial score (nSPS) is 26.9. The molecule has 2 N–H and O–H groups in total. The molecule has 0 bridgehead atoms. The summed E-state index contributed by atoms with van der Waals surface area (Å²) in [5.74, 6) is -4.52. The van der Waals surface area contributed by atoms with Gasteiger partial charge in [-0.1, -0.05) is 0 Å². The molecule has 0 aromatic carbocycles. The standard InChI is InChI=1S/C20H35N2O13P/c1-12(23)31-11-16-17(32-13(2)24)18(33-14(3)25)19(34-15(4)26)20(35-16)22(8-10-30-6)36(27,28)21-7-9-29-5/h16-20H,7-11H2,1-6H3,(H2,21,27,28)/t16-,17-,18+,19-,20?/m1/s1/i1D,2D,3D,4D. The lowest BCUT2D eigenvalue weighted by atomic mass is 9.97. The molecule has 0 aromatic rings. The summed E-state index contributed by atoms with van der Waals surface area (Å²) in [7, 11) is -1.94. The lowest BCUT2D eigenvalue weighted by Crippen LogP contribution is -2.66. The summed E-state index contributed by atoms with van der Waals surface area (Å²) in [6, 6.07) is 0. The molecule has 16 heteroatoms. The van der Waals surface area contributed by atoms with Crippen LogP contribution in [0, 0.1) is 0 Å². The highest BCUT2D eigenvalue weighted by Crippen LogP contribution is 2.45. The molecule has 0 aliphatic carbocycles. The van der Waals surface area contributed by atoms with Gasteiger partial charge in [0.25, 0.3) is 0 Å². The van der Waals surface area contributed by atoms with Crippen molar-refractivity contribution in [2.75, 3.05) is 47.1 Å². The van der Waals surface area contributed by atoms with Crippen molar-refractivity contribution in [3.05, 3.63) is 0 Å². The molecule has 6 atom stereocenters. The summed E-state index contributed by atoms with van der Waals surface area (Å²) in [6.45, 7) is -4.87. The van der Waals surface area contributed by atoms with Crippen LogP contribution in [0.1, 0.15) is 33.1 Å². The molecule has 1 fully saturated rings. The molecule has 0 amide bonds. The van der Waals surface area contributed by atoms with E-state index in [4.69, 9.17) is 38.6 Å². The molecule has 0 aromatic heterocycles. The summed E-state index contributed by atoms with van der Waals surface area (Å²) >= 11 is 0. The van der Waals surface area contributed by atoms with Gasteiger partial charge < -0.3 is 38.1 Å². The molecule has 208 valence electrons. The van der Waals surface area contributed by atoms with Gasteiger partial charge in [0, 0.05) is 60.4 Å². The number of carbonyl (C=O) groups excluding carboxylic acids is 4. The third-order valence-electron chi connectivity index (χ3n) is 4.61. The van der Waals surface area contributed by atoms with E-state index in [1.54, 1.807) is 0 Å². The number of hydrogen-bond donors (Lipinski definition) is 2. The van der Waals surface area contributed by atoms with Gasteiger partial charge in [0.2, 0.25) is 0 Å². The fraction of sp³-hybridized carbons (Fsp3) is 0.800. The molecule has 36 heavy (non-hydrogen) atoms. The Labute approximate surface area is 214 Å². The van der Waals surface area contributed by atoms with Gasteiger partial charge in [0.15, 0.2) is 24.5 Å². The first-order valence-corrected chi connectivity index (χ1v) is 12.0. The van der Waals surface area contributed by atoms with Crippen molar-refractivity contribution in [1.29, 1.82) is 0 Å². The van der Waals surface area contributed by atoms with Crippen LogP contribution in [0.2, 0.25) is 0 Å². The molecule has 1 aliphatic heterocycles. The Kier molecular flexibility index (Phi) is 10.8. The van der Waals surface area contributed by atoms with Crippen molar-refractivity contribution in [3.63, 3.8) is 0 Å². The smallest absolute Gasteiger partial charge is 0.343 e. The molecule has 1 aliphatic rings. The second-order valence-electron chi connectivity index (χ2n) is 7.21. The number of carbonyl (C=O) groups is 4. The van der Waals surface area contributed by atoms with Crippen LogP contribution in [0.15, 0.2) is 0 Å². The SMILES string of the molecule is [2H]CC(=O)OC[C@H]1OC(N(CCOC)P(=O)(O)NCCOC)[C@H](OC(=O)C[2H])[C@@H](OC(=O)C[2H])[C@@H]1OC(=O)C[2H]. The van der Waals surface area contributed by atoms with E-state index < -0.39 is 96.4 Å². The summed E-state index contributed by atoms with van der Waals surface area (Å²) in [5, 5.41) is 2.39. The summed E-state index contributed by atoms with van der Waals surface area (Å²) in [5.41, 5.74) is 0. The molecule has 15 nitrogen and oxygen atoms in total. The number of ether oxygens (including phenoxy) is 7. The van der Waals surface area contributed by atoms with Gasteiger partial charge in [0.05, 0.1) is 13.2 Å². The van der Waals surface area contributed by atoms with E-state index >= 15 is 0 Å². The highest BCUT2D eigenvalue weighted by molar-refractivity contribution is 7.53. The Morgan fingerprint density at radius 2 is 1.47 bits per heavy atom. The maximum absolute atomic E-state index is 13.4. The molecule has 0 spiro atoms. The Morgan fingerprint density at radius 1 is 0.917 bits per heavy atom. The van der Waals surface area contributed by atoms with Gasteiger partial charge >= 0.3 is 31.5 Å². The van der Waals surface area contributed by atoms with Crippen molar-refractivity contribution < 1.29 is 67.3 Å². The minimum atomic E-state index is -4.60. The molecular weight excluding hydrogens is 507 g/mol. The highest BCUT2D eigenvalue weighted by atomic mass is 31.2. The Hall–Kier alpha value is -2.13. The van der Waals surface area contributed by atoms with E-state index in [-0.39, 0.29) is 26.3 Å². The summed E-state index contributed by atoms with van der Waals surface area (Å²) < 4.78 is 80.0. The number of methoxy groups -OCH3 is 2. The predicted molar refractivity (Wildman–Crippen MR) is 120 cm³/mol. The highest BCUT2D eigenvalue weighted by Gasteiger charge is 2.56. The zero-order valence-corrected chi connectivity index (χ0v) is 20.9. The van der Waals surface area contributed by atoms with Crippen LogP contribution < -0.4 is 5.09 Å². The molecule has 1 rings (SSSR count). The van der Waals surface area contributed by atoms with Crippen LogP contribution in [0.25, 0.3) is 0 Å². The number of esters is 4. The predicted octanol–water partition coefficient (Wildman–Crippen LogP) is -0.646. The lowest BCUT2D eigenvalue weighted by Gasteiger charge is -2.48. The van der Waals surface area contributed by atoms with Gasteiger partial charge in [-0.2, -0.15) is 4.67 Å². The van der Waals surface area contributed by atoms with Crippen molar-refractivity contribution in [2.24, 2.45) is 0 Å². The quantitative estimate of drug-likeness (QED) is 0.121. The molecule has 0 saturated carbocycles. The maximum Gasteiger partial charge on any atom is 0.343 e. The van der Waals surface area contributed by atoms with Crippen LogP contribution in [0.5, 0.6) is 0 Å². The van der Waals surface area contributed by atoms with E-state index in [0.29, 0.717) is 0 Å². The van der Waals surface area contributed by atoms with Crippen LogP contribution in [-0.4, -0.2) is 111 Å². The first kappa shape index (κ1) is 25.5. The minimum Gasteiger partial charge on any atom is -0.463 e. The topological polar surface area (TPSA) is 185 Å². The Balaban J connectivity index is 3.73. The third-order valence-corrected chi connectivity index (χ3v) is 6.37. The number of hydrogen-bond acceptors (Lipinski definition) is 12. The number of nitrogens with zero attached hydrogens (tertiary/aromatic N) is 1. The van der Waals surface area contributed by atoms with E-state index in [1.165, 1.54) is 14.2 Å². The Bertz CT molecular complexity index is 889. The third kappa shape index (κ3) is 10.1.